The van der Waals surface area contributed by atoms with Crippen LogP contribution < -0.4 is 14.8 Å². The van der Waals surface area contributed by atoms with Crippen molar-refractivity contribution in [3.8, 4) is 11.5 Å². The average Bonchev–Trinajstić information content (AvgIpc) is 3.24. The van der Waals surface area contributed by atoms with Gasteiger partial charge >= 0.3 is 0 Å². The number of hydrogen-bond donors (Lipinski definition) is 1. The zero-order chi connectivity index (χ0) is 19.8. The molecule has 1 fully saturated rings. The maximum absolute atomic E-state index is 12.0. The number of rotatable bonds is 8. The van der Waals surface area contributed by atoms with Gasteiger partial charge in [-0.2, -0.15) is 0 Å². The fraction of sp³-hybridized carbons (Fsp3) is 0.348. The number of carbonyl (C=O) groups is 1. The van der Waals surface area contributed by atoms with E-state index in [1.54, 1.807) is 13.2 Å². The van der Waals surface area contributed by atoms with Crippen LogP contribution in [0.4, 0.5) is 0 Å². The molecule has 5 heteroatoms. The molecule has 0 radical (unpaired) electrons. The van der Waals surface area contributed by atoms with Crippen molar-refractivity contribution >= 4 is 12.0 Å². The van der Waals surface area contributed by atoms with Gasteiger partial charge in [0.25, 0.3) is 0 Å². The summed E-state index contributed by atoms with van der Waals surface area (Å²) in [5.74, 6) is 1.18. The molecule has 1 aliphatic rings. The summed E-state index contributed by atoms with van der Waals surface area (Å²) in [6, 6.07) is 13.7. The maximum Gasteiger partial charge on any atom is 0.244 e. The predicted molar refractivity (Wildman–Crippen MR) is 110 cm³/mol. The van der Waals surface area contributed by atoms with Crippen molar-refractivity contribution in [2.24, 2.45) is 0 Å². The largest absolute Gasteiger partial charge is 0.493 e. The minimum Gasteiger partial charge on any atom is -0.493 e. The van der Waals surface area contributed by atoms with Crippen LogP contribution in [0.5, 0.6) is 11.5 Å². The molecular weight excluding hydrogens is 354 g/mol. The number of nitrogens with one attached hydrogen (secondary N) is 1. The zero-order valence-corrected chi connectivity index (χ0v) is 16.4. The Bertz CT molecular complexity index is 825. The highest BCUT2D eigenvalue weighted by molar-refractivity contribution is 5.91. The van der Waals surface area contributed by atoms with Gasteiger partial charge in [0.1, 0.15) is 6.61 Å². The lowest BCUT2D eigenvalue weighted by Gasteiger charge is -2.12. The van der Waals surface area contributed by atoms with Gasteiger partial charge in [0, 0.05) is 19.2 Å². The van der Waals surface area contributed by atoms with Crippen molar-refractivity contribution in [2.75, 3.05) is 20.3 Å². The third-order valence-electron chi connectivity index (χ3n) is 4.79. The molecule has 1 atom stereocenters. The van der Waals surface area contributed by atoms with E-state index < -0.39 is 0 Å². The van der Waals surface area contributed by atoms with E-state index in [4.69, 9.17) is 14.2 Å². The topological polar surface area (TPSA) is 56.8 Å². The molecular formula is C23H27NO4. The van der Waals surface area contributed by atoms with Crippen molar-refractivity contribution in [3.05, 3.63) is 65.2 Å². The molecule has 28 heavy (non-hydrogen) atoms. The van der Waals surface area contributed by atoms with E-state index >= 15 is 0 Å². The van der Waals surface area contributed by atoms with Crippen LogP contribution in [-0.2, 0) is 16.1 Å². The fourth-order valence-electron chi connectivity index (χ4n) is 3.09. The van der Waals surface area contributed by atoms with Gasteiger partial charge in [0.2, 0.25) is 5.91 Å². The first-order valence-corrected chi connectivity index (χ1v) is 9.58. The van der Waals surface area contributed by atoms with Gasteiger partial charge in [-0.1, -0.05) is 30.3 Å². The second-order valence-corrected chi connectivity index (χ2v) is 6.84. The molecule has 5 nitrogen and oxygen atoms in total. The highest BCUT2D eigenvalue weighted by Crippen LogP contribution is 2.29. The van der Waals surface area contributed by atoms with E-state index in [1.807, 2.05) is 36.4 Å². The Hall–Kier alpha value is -2.79. The number of carbonyl (C=O) groups excluding carboxylic acids is 1. The van der Waals surface area contributed by atoms with Crippen LogP contribution >= 0.6 is 0 Å². The molecule has 0 saturated carbocycles. The molecule has 2 aromatic rings. The molecule has 1 heterocycles. The van der Waals surface area contributed by atoms with Crippen molar-refractivity contribution < 1.29 is 19.0 Å². The van der Waals surface area contributed by atoms with Crippen LogP contribution in [0, 0.1) is 6.92 Å². The molecule has 0 aromatic heterocycles. The number of hydrogen-bond acceptors (Lipinski definition) is 4. The van der Waals surface area contributed by atoms with Gasteiger partial charge in [-0.05, 0) is 54.7 Å². The standard InChI is InChI=1S/C23H27NO4/c1-17-6-3-4-7-19(17)16-28-21-11-9-18(14-22(21)26-2)10-12-23(25)24-15-20-8-5-13-27-20/h3-4,6-7,9-12,14,20H,5,8,13,15-16H2,1-2H3,(H,24,25). The number of ether oxygens (including phenoxy) is 3. The normalized spacial score (nSPS) is 16.3. The Morgan fingerprint density at radius 2 is 2.11 bits per heavy atom. The van der Waals surface area contributed by atoms with Crippen LogP contribution in [0.1, 0.15) is 29.5 Å². The Morgan fingerprint density at radius 1 is 1.25 bits per heavy atom. The summed E-state index contributed by atoms with van der Waals surface area (Å²) in [6.45, 7) is 3.88. The Balaban J connectivity index is 1.57. The highest BCUT2D eigenvalue weighted by atomic mass is 16.5. The van der Waals surface area contributed by atoms with E-state index in [9.17, 15) is 4.79 Å². The maximum atomic E-state index is 12.0. The minimum atomic E-state index is -0.130. The summed E-state index contributed by atoms with van der Waals surface area (Å²) >= 11 is 0. The third-order valence-corrected chi connectivity index (χ3v) is 4.79. The summed E-state index contributed by atoms with van der Waals surface area (Å²) in [4.78, 5) is 12.0. The van der Waals surface area contributed by atoms with Gasteiger partial charge in [0.15, 0.2) is 11.5 Å². The van der Waals surface area contributed by atoms with Crippen molar-refractivity contribution in [2.45, 2.75) is 32.5 Å². The molecule has 0 bridgehead atoms. The molecule has 3 rings (SSSR count). The monoisotopic (exact) mass is 381 g/mol. The zero-order valence-electron chi connectivity index (χ0n) is 16.4. The smallest absolute Gasteiger partial charge is 0.244 e. The van der Waals surface area contributed by atoms with Crippen LogP contribution in [0.2, 0.25) is 0 Å². The van der Waals surface area contributed by atoms with Crippen LogP contribution in [-0.4, -0.2) is 32.3 Å². The van der Waals surface area contributed by atoms with E-state index in [2.05, 4.69) is 18.3 Å². The summed E-state index contributed by atoms with van der Waals surface area (Å²) < 4.78 is 16.9. The number of aryl methyl sites for hydroxylation is 1. The quantitative estimate of drug-likeness (QED) is 0.705. The van der Waals surface area contributed by atoms with Gasteiger partial charge in [0.05, 0.1) is 13.2 Å². The molecule has 2 aromatic carbocycles. The van der Waals surface area contributed by atoms with Gasteiger partial charge in [-0.3, -0.25) is 4.79 Å². The Morgan fingerprint density at radius 3 is 2.86 bits per heavy atom. The van der Waals surface area contributed by atoms with Gasteiger partial charge in [-0.25, -0.2) is 0 Å². The van der Waals surface area contributed by atoms with E-state index in [0.29, 0.717) is 24.7 Å². The molecule has 1 aliphatic heterocycles. The van der Waals surface area contributed by atoms with E-state index in [1.165, 1.54) is 11.6 Å². The number of amides is 1. The fourth-order valence-corrected chi connectivity index (χ4v) is 3.09. The molecule has 1 unspecified atom stereocenters. The average molecular weight is 381 g/mol. The summed E-state index contributed by atoms with van der Waals surface area (Å²) in [6.07, 6.45) is 5.50. The number of methoxy groups -OCH3 is 1. The van der Waals surface area contributed by atoms with E-state index in [0.717, 1.165) is 30.6 Å². The molecule has 148 valence electrons. The van der Waals surface area contributed by atoms with Crippen molar-refractivity contribution in [1.29, 1.82) is 0 Å². The third kappa shape index (κ3) is 5.60. The van der Waals surface area contributed by atoms with Crippen molar-refractivity contribution in [3.63, 3.8) is 0 Å². The van der Waals surface area contributed by atoms with Crippen molar-refractivity contribution in [1.82, 2.24) is 5.32 Å². The van der Waals surface area contributed by atoms with Gasteiger partial charge < -0.3 is 19.5 Å². The number of benzene rings is 2. The van der Waals surface area contributed by atoms with E-state index in [-0.39, 0.29) is 12.0 Å². The molecule has 1 N–H and O–H groups in total. The lowest BCUT2D eigenvalue weighted by atomic mass is 10.1. The van der Waals surface area contributed by atoms with Crippen LogP contribution in [0.25, 0.3) is 6.08 Å². The predicted octanol–water partition coefficient (Wildman–Crippen LogP) is 3.89. The first-order chi connectivity index (χ1) is 13.7. The minimum absolute atomic E-state index is 0.130. The lowest BCUT2D eigenvalue weighted by Crippen LogP contribution is -2.30. The molecule has 1 amide bonds. The second-order valence-electron chi connectivity index (χ2n) is 6.84. The Kier molecular flexibility index (Phi) is 7.09. The second kappa shape index (κ2) is 9.95. The first kappa shape index (κ1) is 20.0. The molecule has 0 spiro atoms. The first-order valence-electron chi connectivity index (χ1n) is 9.58. The SMILES string of the molecule is COc1cc(C=CC(=O)NCC2CCCO2)ccc1OCc1ccccc1C. The van der Waals surface area contributed by atoms with Gasteiger partial charge in [-0.15, -0.1) is 0 Å². The van der Waals surface area contributed by atoms with Crippen LogP contribution in [0.15, 0.2) is 48.5 Å². The summed E-state index contributed by atoms with van der Waals surface area (Å²) in [7, 11) is 1.61. The lowest BCUT2D eigenvalue weighted by molar-refractivity contribution is -0.116. The Labute approximate surface area is 166 Å². The molecule has 0 aliphatic carbocycles. The summed E-state index contributed by atoms with van der Waals surface area (Å²) in [5.41, 5.74) is 3.19. The highest BCUT2D eigenvalue weighted by Gasteiger charge is 2.15. The van der Waals surface area contributed by atoms with Crippen LogP contribution in [0.3, 0.4) is 0 Å². The summed E-state index contributed by atoms with van der Waals surface area (Å²) in [5, 5.41) is 2.87. The molecule has 1 saturated heterocycles.